The quantitative estimate of drug-likeness (QED) is 0.133. The van der Waals surface area contributed by atoms with E-state index >= 15 is 0 Å². The van der Waals surface area contributed by atoms with Crippen molar-refractivity contribution < 1.29 is 49.8 Å². The Kier molecular flexibility index (Phi) is 12.8. The van der Waals surface area contributed by atoms with Gasteiger partial charge >= 0.3 is 12.4 Å². The number of hydrogen-bond acceptors (Lipinski definition) is 6. The van der Waals surface area contributed by atoms with Crippen molar-refractivity contribution in [2.45, 2.75) is 80.8 Å². The molecule has 2 atom stereocenters. The normalized spacial score (nSPS) is 21.1. The lowest BCUT2D eigenvalue weighted by Gasteiger charge is -2.44. The van der Waals surface area contributed by atoms with Gasteiger partial charge in [-0.05, 0) is 105 Å². The first kappa shape index (κ1) is 41.6. The second-order valence-electron chi connectivity index (χ2n) is 15.0. The van der Waals surface area contributed by atoms with Crippen LogP contribution in [0.3, 0.4) is 0 Å². The first-order valence-electron chi connectivity index (χ1n) is 19.0. The van der Waals surface area contributed by atoms with Crippen molar-refractivity contribution in [2.24, 2.45) is 5.73 Å². The van der Waals surface area contributed by atoms with E-state index in [-0.39, 0.29) is 36.6 Å². The molecule has 3 aromatic rings. The molecule has 0 aromatic heterocycles. The Hall–Kier alpha value is -4.05. The molecule has 3 N–H and O–H groups in total. The fraction of sp³-hybridized carbons (Fsp3) is 0.512. The van der Waals surface area contributed by atoms with Crippen LogP contribution in [0.2, 0.25) is 0 Å². The van der Waals surface area contributed by atoms with Gasteiger partial charge in [0.05, 0.1) is 23.8 Å². The van der Waals surface area contributed by atoms with Crippen molar-refractivity contribution in [3.63, 3.8) is 0 Å². The van der Waals surface area contributed by atoms with Gasteiger partial charge in [0, 0.05) is 24.1 Å². The van der Waals surface area contributed by atoms with Crippen molar-refractivity contribution >= 4 is 11.8 Å². The van der Waals surface area contributed by atoms with E-state index in [0.717, 1.165) is 43.4 Å². The summed E-state index contributed by atoms with van der Waals surface area (Å²) < 4.78 is 108. The van der Waals surface area contributed by atoms with Crippen LogP contribution in [-0.4, -0.2) is 80.3 Å². The van der Waals surface area contributed by atoms with Gasteiger partial charge in [-0.1, -0.05) is 49.2 Å². The second-order valence-corrected chi connectivity index (χ2v) is 15.0. The van der Waals surface area contributed by atoms with Crippen LogP contribution in [0.15, 0.2) is 66.7 Å². The molecule has 0 saturated carbocycles. The van der Waals surface area contributed by atoms with Crippen molar-refractivity contribution in [2.75, 3.05) is 52.6 Å². The Bertz CT molecular complexity index is 1800. The van der Waals surface area contributed by atoms with Crippen LogP contribution in [0, 0.1) is 5.82 Å². The number of unbranched alkanes of at least 4 members (excludes halogenated alkanes) is 3. The molecule has 1 aliphatic carbocycles. The summed E-state index contributed by atoms with van der Waals surface area (Å²) in [6.07, 6.45) is -4.11. The number of piperidine rings is 1. The van der Waals surface area contributed by atoms with E-state index in [2.05, 4.69) is 22.3 Å². The van der Waals surface area contributed by atoms with Gasteiger partial charge < -0.3 is 30.3 Å². The lowest BCUT2D eigenvalue weighted by Crippen LogP contribution is -2.49. The number of fused-ring (bicyclic) bond motifs is 2. The number of hydrogen-bond donors (Lipinski definition) is 2. The summed E-state index contributed by atoms with van der Waals surface area (Å²) in [5.74, 6) is -1.71. The van der Waals surface area contributed by atoms with Crippen molar-refractivity contribution in [3.05, 3.63) is 106 Å². The molecule has 0 bridgehead atoms. The monoisotopic (exact) mass is 792 g/mol. The molecular weight excluding hydrogens is 745 g/mol. The molecule has 6 rings (SSSR count). The highest BCUT2D eigenvalue weighted by atomic mass is 19.4. The zero-order chi connectivity index (χ0) is 40.1. The number of amides is 2. The Morgan fingerprint density at radius 1 is 0.893 bits per heavy atom. The Labute approximate surface area is 321 Å². The lowest BCUT2D eigenvalue weighted by molar-refractivity contribution is -0.143. The SMILES string of the molecule is NCCCCCCNC(=O)CO[C@H]1Cc2ccccc2C12CCN(CC[C@@]1(c3ccc(F)cc3)CN(C(=O)c3cc(C(F)(F)F)cc(C(F)(F)F)c3)CO1)CC2. The van der Waals surface area contributed by atoms with Crippen LogP contribution in [-0.2, 0) is 44.1 Å². The van der Waals surface area contributed by atoms with Crippen molar-refractivity contribution in [3.8, 4) is 0 Å². The number of carbonyl (C=O) groups is 2. The average molecular weight is 793 g/mol. The van der Waals surface area contributed by atoms with E-state index in [1.165, 1.54) is 35.4 Å². The van der Waals surface area contributed by atoms with Gasteiger partial charge in [-0.15, -0.1) is 0 Å². The van der Waals surface area contributed by atoms with Gasteiger partial charge in [-0.25, -0.2) is 4.39 Å². The number of nitrogens with zero attached hydrogens (tertiary/aromatic N) is 2. The van der Waals surface area contributed by atoms with Crippen molar-refractivity contribution in [1.29, 1.82) is 0 Å². The minimum atomic E-state index is -5.12. The van der Waals surface area contributed by atoms with Crippen LogP contribution < -0.4 is 11.1 Å². The molecule has 8 nitrogen and oxygen atoms in total. The molecule has 2 fully saturated rings. The minimum Gasteiger partial charge on any atom is -0.367 e. The third-order valence-electron chi connectivity index (χ3n) is 11.5. The first-order chi connectivity index (χ1) is 26.6. The summed E-state index contributed by atoms with van der Waals surface area (Å²) in [6.45, 7) is 2.42. The molecule has 0 unspecified atom stereocenters. The highest BCUT2D eigenvalue weighted by molar-refractivity contribution is 5.95. The van der Waals surface area contributed by atoms with Crippen LogP contribution in [0.1, 0.15) is 83.1 Å². The Morgan fingerprint density at radius 3 is 2.21 bits per heavy atom. The van der Waals surface area contributed by atoms with E-state index in [9.17, 15) is 40.3 Å². The maximum Gasteiger partial charge on any atom is 0.416 e. The molecule has 0 radical (unpaired) electrons. The number of alkyl halides is 6. The zero-order valence-electron chi connectivity index (χ0n) is 31.0. The number of benzene rings is 3. The molecule has 2 amide bonds. The van der Waals surface area contributed by atoms with Gasteiger partial charge in [0.15, 0.2) is 0 Å². The molecule has 2 heterocycles. The maximum absolute atomic E-state index is 14.0. The summed E-state index contributed by atoms with van der Waals surface area (Å²) in [5, 5.41) is 2.95. The van der Waals surface area contributed by atoms with Crippen LogP contribution in [0.4, 0.5) is 30.7 Å². The topological polar surface area (TPSA) is 97.1 Å². The molecule has 304 valence electrons. The summed E-state index contributed by atoms with van der Waals surface area (Å²) in [4.78, 5) is 29.6. The van der Waals surface area contributed by atoms with Gasteiger partial charge in [0.25, 0.3) is 5.91 Å². The molecule has 3 aromatic carbocycles. The largest absolute Gasteiger partial charge is 0.416 e. The van der Waals surface area contributed by atoms with E-state index in [0.29, 0.717) is 63.3 Å². The third-order valence-corrected chi connectivity index (χ3v) is 11.5. The van der Waals surface area contributed by atoms with Crippen molar-refractivity contribution in [1.82, 2.24) is 15.1 Å². The Morgan fingerprint density at radius 2 is 1.55 bits per heavy atom. The molecule has 2 saturated heterocycles. The van der Waals surface area contributed by atoms with Crippen LogP contribution in [0.5, 0.6) is 0 Å². The highest BCUT2D eigenvalue weighted by Crippen LogP contribution is 2.48. The van der Waals surface area contributed by atoms with Gasteiger partial charge in [0.2, 0.25) is 5.91 Å². The molecule has 15 heteroatoms. The number of ether oxygens (including phenoxy) is 2. The maximum atomic E-state index is 14.0. The fourth-order valence-corrected chi connectivity index (χ4v) is 8.37. The van der Waals surface area contributed by atoms with Crippen LogP contribution in [0.25, 0.3) is 0 Å². The standard InChI is InChI=1S/C41H47F7N4O4/c42-33-11-9-30(10-12-33)39(26-52(27-56-39)37(54)29-21-31(40(43,44)45)24-32(22-29)41(46,47)48)15-20-51-18-13-38(14-19-51)34-8-4-3-7-28(34)23-35(38)55-25-36(53)50-17-6-2-1-5-16-49/h3-4,7-12,21-22,24,35H,1-2,5-6,13-20,23,25-27,49H2,(H,50,53)/t35-,39-/m0/s1. The number of carbonyl (C=O) groups excluding carboxylic acids is 2. The number of rotatable bonds is 14. The summed E-state index contributed by atoms with van der Waals surface area (Å²) in [7, 11) is 0. The fourth-order valence-electron chi connectivity index (χ4n) is 8.37. The number of nitrogens with one attached hydrogen (secondary N) is 1. The number of nitrogens with two attached hydrogens (primary N) is 1. The van der Waals surface area contributed by atoms with Crippen LogP contribution >= 0.6 is 0 Å². The third kappa shape index (κ3) is 9.38. The van der Waals surface area contributed by atoms with Gasteiger partial charge in [0.1, 0.15) is 24.8 Å². The summed E-state index contributed by atoms with van der Waals surface area (Å²) in [6, 6.07) is 14.5. The molecular formula is C41H47F7N4O4. The number of halogens is 7. The Balaban J connectivity index is 1.13. The number of likely N-dealkylation sites (tertiary alicyclic amines) is 1. The minimum absolute atomic E-state index is 0.0215. The predicted molar refractivity (Wildman–Crippen MR) is 194 cm³/mol. The highest BCUT2D eigenvalue weighted by Gasteiger charge is 2.50. The molecule has 3 aliphatic rings. The predicted octanol–water partition coefficient (Wildman–Crippen LogP) is 7.19. The lowest BCUT2D eigenvalue weighted by atomic mass is 9.72. The van der Waals surface area contributed by atoms with Gasteiger partial charge in [-0.2, -0.15) is 26.3 Å². The zero-order valence-corrected chi connectivity index (χ0v) is 31.0. The molecule has 2 aliphatic heterocycles. The van der Waals surface area contributed by atoms with E-state index in [1.54, 1.807) is 0 Å². The van der Waals surface area contributed by atoms with E-state index in [1.807, 2.05) is 12.1 Å². The second kappa shape index (κ2) is 17.2. The summed E-state index contributed by atoms with van der Waals surface area (Å²) in [5.41, 5.74) is 3.01. The smallest absolute Gasteiger partial charge is 0.367 e. The average Bonchev–Trinajstić information content (AvgIpc) is 3.74. The van der Waals surface area contributed by atoms with E-state index < -0.39 is 53.1 Å². The first-order valence-corrected chi connectivity index (χ1v) is 19.0. The molecule has 56 heavy (non-hydrogen) atoms. The van der Waals surface area contributed by atoms with Gasteiger partial charge in [-0.3, -0.25) is 9.59 Å². The summed E-state index contributed by atoms with van der Waals surface area (Å²) >= 11 is 0. The molecule has 1 spiro atoms. The van der Waals surface area contributed by atoms with E-state index in [4.69, 9.17) is 15.2 Å².